The number of carbonyl (C=O) groups is 1. The maximum atomic E-state index is 11.4. The number of aromatic nitrogens is 1. The predicted molar refractivity (Wildman–Crippen MR) is 78.1 cm³/mol. The van der Waals surface area contributed by atoms with Crippen LogP contribution in [0.25, 0.3) is 0 Å². The van der Waals surface area contributed by atoms with Gasteiger partial charge in [0, 0.05) is 23.2 Å². The first-order valence-corrected chi connectivity index (χ1v) is 7.31. The van der Waals surface area contributed by atoms with Crippen LogP contribution in [0.1, 0.15) is 33.5 Å². The second-order valence-corrected chi connectivity index (χ2v) is 5.99. The number of anilines is 1. The Morgan fingerprint density at radius 2 is 2.32 bits per heavy atom. The maximum absolute atomic E-state index is 11.4. The summed E-state index contributed by atoms with van der Waals surface area (Å²) in [5.74, 6) is 0.136. The highest BCUT2D eigenvalue weighted by atomic mass is 32.1. The molecule has 1 aliphatic rings. The van der Waals surface area contributed by atoms with Crippen LogP contribution in [0.3, 0.4) is 0 Å². The number of benzene rings is 1. The summed E-state index contributed by atoms with van der Waals surface area (Å²) < 4.78 is 0. The number of aryl methyl sites for hydroxylation is 1. The lowest BCUT2D eigenvalue weighted by molar-refractivity contribution is 0.101. The standard InChI is InChI=1S/C15H16N2OS/c1-10(18)12-3-4-15-13(7-12)5-6-17(15)8-14-9-19-11(2)16-14/h3-4,7,9H,5-6,8H2,1-2H3. The summed E-state index contributed by atoms with van der Waals surface area (Å²) >= 11 is 1.69. The van der Waals surface area contributed by atoms with Crippen molar-refractivity contribution in [1.82, 2.24) is 4.98 Å². The molecular formula is C15H16N2OS. The van der Waals surface area contributed by atoms with Gasteiger partial charge in [-0.25, -0.2) is 4.98 Å². The predicted octanol–water partition coefficient (Wildman–Crippen LogP) is 3.22. The highest BCUT2D eigenvalue weighted by Gasteiger charge is 2.20. The minimum Gasteiger partial charge on any atom is -0.365 e. The zero-order valence-electron chi connectivity index (χ0n) is 11.1. The molecule has 0 N–H and O–H groups in total. The topological polar surface area (TPSA) is 33.2 Å². The maximum Gasteiger partial charge on any atom is 0.159 e. The van der Waals surface area contributed by atoms with Gasteiger partial charge in [0.05, 0.1) is 17.2 Å². The fourth-order valence-corrected chi connectivity index (χ4v) is 3.13. The smallest absolute Gasteiger partial charge is 0.159 e. The minimum absolute atomic E-state index is 0.136. The first-order valence-electron chi connectivity index (χ1n) is 6.43. The lowest BCUT2D eigenvalue weighted by atomic mass is 10.1. The van der Waals surface area contributed by atoms with Crippen LogP contribution in [-0.4, -0.2) is 17.3 Å². The molecule has 0 fully saturated rings. The number of carbonyl (C=O) groups excluding carboxylic acids is 1. The molecule has 98 valence electrons. The highest BCUT2D eigenvalue weighted by molar-refractivity contribution is 7.09. The van der Waals surface area contributed by atoms with Gasteiger partial charge >= 0.3 is 0 Å². The van der Waals surface area contributed by atoms with Crippen molar-refractivity contribution in [3.05, 3.63) is 45.4 Å². The number of nitrogens with zero attached hydrogens (tertiary/aromatic N) is 2. The molecule has 3 rings (SSSR count). The molecular weight excluding hydrogens is 256 g/mol. The van der Waals surface area contributed by atoms with Gasteiger partial charge in [-0.3, -0.25) is 4.79 Å². The van der Waals surface area contributed by atoms with Crippen LogP contribution in [0, 0.1) is 6.92 Å². The lowest BCUT2D eigenvalue weighted by Gasteiger charge is -2.18. The molecule has 2 heterocycles. The Balaban J connectivity index is 1.84. The molecule has 3 nitrogen and oxygen atoms in total. The molecule has 0 aliphatic carbocycles. The summed E-state index contributed by atoms with van der Waals surface area (Å²) in [6, 6.07) is 6.02. The number of thiazole rings is 1. The van der Waals surface area contributed by atoms with Crippen molar-refractivity contribution in [3.8, 4) is 0 Å². The summed E-state index contributed by atoms with van der Waals surface area (Å²) in [4.78, 5) is 18.3. The second kappa shape index (κ2) is 4.78. The van der Waals surface area contributed by atoms with Crippen LogP contribution in [0.4, 0.5) is 5.69 Å². The van der Waals surface area contributed by atoms with Crippen molar-refractivity contribution in [2.75, 3.05) is 11.4 Å². The van der Waals surface area contributed by atoms with E-state index >= 15 is 0 Å². The Morgan fingerprint density at radius 1 is 1.47 bits per heavy atom. The molecule has 1 aliphatic heterocycles. The van der Waals surface area contributed by atoms with Crippen molar-refractivity contribution in [2.24, 2.45) is 0 Å². The largest absolute Gasteiger partial charge is 0.365 e. The third-order valence-electron chi connectivity index (χ3n) is 3.50. The van der Waals surface area contributed by atoms with Gasteiger partial charge < -0.3 is 4.90 Å². The summed E-state index contributed by atoms with van der Waals surface area (Å²) in [6.07, 6.45) is 1.01. The SMILES string of the molecule is CC(=O)c1ccc2c(c1)CCN2Cc1csc(C)n1. The fraction of sp³-hybridized carbons (Fsp3) is 0.333. The van der Waals surface area contributed by atoms with E-state index in [0.29, 0.717) is 0 Å². The number of rotatable bonds is 3. The van der Waals surface area contributed by atoms with Crippen LogP contribution >= 0.6 is 11.3 Å². The van der Waals surface area contributed by atoms with Crippen LogP contribution < -0.4 is 4.90 Å². The normalized spacial score (nSPS) is 13.7. The van der Waals surface area contributed by atoms with Crippen LogP contribution in [0.15, 0.2) is 23.6 Å². The Labute approximate surface area is 116 Å². The van der Waals surface area contributed by atoms with Gasteiger partial charge in [0.1, 0.15) is 0 Å². The molecule has 19 heavy (non-hydrogen) atoms. The Hall–Kier alpha value is -1.68. The van der Waals surface area contributed by atoms with E-state index in [0.717, 1.165) is 35.8 Å². The highest BCUT2D eigenvalue weighted by Crippen LogP contribution is 2.30. The monoisotopic (exact) mass is 272 g/mol. The molecule has 0 amide bonds. The molecule has 1 aromatic heterocycles. The Kier molecular flexibility index (Phi) is 3.11. The third-order valence-corrected chi connectivity index (χ3v) is 4.32. The van der Waals surface area contributed by atoms with E-state index in [-0.39, 0.29) is 5.78 Å². The van der Waals surface area contributed by atoms with E-state index in [4.69, 9.17) is 0 Å². The lowest BCUT2D eigenvalue weighted by Crippen LogP contribution is -2.19. The summed E-state index contributed by atoms with van der Waals surface area (Å²) in [7, 11) is 0. The summed E-state index contributed by atoms with van der Waals surface area (Å²) in [6.45, 7) is 5.52. The van der Waals surface area contributed by atoms with E-state index in [1.165, 1.54) is 11.3 Å². The average molecular weight is 272 g/mol. The quantitative estimate of drug-likeness (QED) is 0.804. The zero-order valence-corrected chi connectivity index (χ0v) is 12.0. The number of fused-ring (bicyclic) bond motifs is 1. The number of hydrogen-bond donors (Lipinski definition) is 0. The molecule has 0 bridgehead atoms. The average Bonchev–Trinajstić information content (AvgIpc) is 2.96. The van der Waals surface area contributed by atoms with Crippen molar-refractivity contribution in [3.63, 3.8) is 0 Å². The molecule has 0 saturated heterocycles. The molecule has 1 aromatic carbocycles. The molecule has 4 heteroatoms. The number of Topliss-reactive ketones (excluding diaryl/α,β-unsaturated/α-hetero) is 1. The molecule has 0 atom stereocenters. The third kappa shape index (κ3) is 2.40. The van der Waals surface area contributed by atoms with Gasteiger partial charge in [-0.2, -0.15) is 0 Å². The summed E-state index contributed by atoms with van der Waals surface area (Å²) in [5, 5.41) is 3.23. The fourth-order valence-electron chi connectivity index (χ4n) is 2.53. The number of ketones is 1. The van der Waals surface area contributed by atoms with Crippen molar-refractivity contribution in [1.29, 1.82) is 0 Å². The first kappa shape index (κ1) is 12.4. The van der Waals surface area contributed by atoms with E-state index in [1.54, 1.807) is 18.3 Å². The van der Waals surface area contributed by atoms with Gasteiger partial charge in [-0.1, -0.05) is 0 Å². The van der Waals surface area contributed by atoms with Crippen LogP contribution in [0.5, 0.6) is 0 Å². The van der Waals surface area contributed by atoms with Gasteiger partial charge in [0.2, 0.25) is 0 Å². The molecule has 0 unspecified atom stereocenters. The van der Waals surface area contributed by atoms with Gasteiger partial charge in [0.15, 0.2) is 5.78 Å². The first-order chi connectivity index (χ1) is 9.13. The zero-order chi connectivity index (χ0) is 13.4. The van der Waals surface area contributed by atoms with Crippen molar-refractivity contribution < 1.29 is 4.79 Å². The Morgan fingerprint density at radius 3 is 3.00 bits per heavy atom. The van der Waals surface area contributed by atoms with E-state index < -0.39 is 0 Å². The molecule has 2 aromatic rings. The second-order valence-electron chi connectivity index (χ2n) is 4.93. The molecule has 0 radical (unpaired) electrons. The van der Waals surface area contributed by atoms with Gasteiger partial charge in [-0.15, -0.1) is 11.3 Å². The van der Waals surface area contributed by atoms with Crippen LogP contribution in [0.2, 0.25) is 0 Å². The Bertz CT molecular complexity index is 633. The van der Waals surface area contributed by atoms with Crippen molar-refractivity contribution >= 4 is 22.8 Å². The summed E-state index contributed by atoms with van der Waals surface area (Å²) in [5.41, 5.74) is 4.46. The number of hydrogen-bond acceptors (Lipinski definition) is 4. The minimum atomic E-state index is 0.136. The van der Waals surface area contributed by atoms with E-state index in [9.17, 15) is 4.79 Å². The van der Waals surface area contributed by atoms with E-state index in [1.807, 2.05) is 19.1 Å². The van der Waals surface area contributed by atoms with Crippen molar-refractivity contribution in [2.45, 2.75) is 26.8 Å². The van der Waals surface area contributed by atoms with Crippen LogP contribution in [-0.2, 0) is 13.0 Å². The molecule has 0 spiro atoms. The van der Waals surface area contributed by atoms with Gasteiger partial charge in [-0.05, 0) is 44.0 Å². The van der Waals surface area contributed by atoms with Gasteiger partial charge in [0.25, 0.3) is 0 Å². The van der Waals surface area contributed by atoms with E-state index in [2.05, 4.69) is 21.3 Å². The molecule has 0 saturated carbocycles.